The van der Waals surface area contributed by atoms with E-state index in [0.717, 1.165) is 5.01 Å². The second-order valence-corrected chi connectivity index (χ2v) is 5.51. The molecule has 0 saturated heterocycles. The van der Waals surface area contributed by atoms with Crippen molar-refractivity contribution in [1.29, 1.82) is 5.26 Å². The predicted octanol–water partition coefficient (Wildman–Crippen LogP) is 3.20. The highest BCUT2D eigenvalue weighted by Crippen LogP contribution is 2.25. The van der Waals surface area contributed by atoms with Crippen molar-refractivity contribution in [3.63, 3.8) is 0 Å². The number of para-hydroxylation sites is 1. The molecule has 0 spiro atoms. The Labute approximate surface area is 124 Å². The molecule has 20 heavy (non-hydrogen) atoms. The van der Waals surface area contributed by atoms with Crippen LogP contribution in [0.4, 0.5) is 0 Å². The summed E-state index contributed by atoms with van der Waals surface area (Å²) in [6, 6.07) is 9.36. The van der Waals surface area contributed by atoms with E-state index in [-0.39, 0.29) is 0 Å². The second-order valence-electron chi connectivity index (χ2n) is 4.07. The Morgan fingerprint density at radius 3 is 3.00 bits per heavy atom. The number of ether oxygens (including phenoxy) is 1. The fraction of sp³-hybridized carbons (Fsp3) is 0.154. The Balaban J connectivity index is 1.84. The maximum atomic E-state index is 9.06. The number of benzene rings is 1. The topological polar surface area (TPSA) is 63.2 Å². The van der Waals surface area contributed by atoms with Gasteiger partial charge >= 0.3 is 0 Å². The first-order valence-corrected chi connectivity index (χ1v) is 7.01. The Hall–Kier alpha value is -2.10. The summed E-state index contributed by atoms with van der Waals surface area (Å²) >= 11 is 7.41. The number of rotatable bonds is 3. The quantitative estimate of drug-likeness (QED) is 0.745. The number of aromatic nitrogens is 3. The van der Waals surface area contributed by atoms with Crippen LogP contribution in [0.3, 0.4) is 0 Å². The van der Waals surface area contributed by atoms with Crippen molar-refractivity contribution in [3.05, 3.63) is 45.7 Å². The summed E-state index contributed by atoms with van der Waals surface area (Å²) in [4.78, 5) is 4.98. The largest absolute Gasteiger partial charge is 0.485 e. The molecule has 3 rings (SSSR count). The van der Waals surface area contributed by atoms with Gasteiger partial charge in [-0.25, -0.2) is 4.98 Å². The summed E-state index contributed by atoms with van der Waals surface area (Å²) in [5.74, 6) is 0.610. The third-order valence-electron chi connectivity index (χ3n) is 2.71. The van der Waals surface area contributed by atoms with E-state index in [0.29, 0.717) is 33.7 Å². The normalized spacial score (nSPS) is 10.7. The van der Waals surface area contributed by atoms with Crippen LogP contribution in [0.15, 0.2) is 24.3 Å². The van der Waals surface area contributed by atoms with E-state index in [1.54, 1.807) is 23.6 Å². The van der Waals surface area contributed by atoms with Crippen molar-refractivity contribution in [1.82, 2.24) is 14.6 Å². The minimum absolute atomic E-state index is 0.293. The van der Waals surface area contributed by atoms with Crippen LogP contribution in [0.5, 0.6) is 5.75 Å². The Morgan fingerprint density at radius 2 is 2.25 bits per heavy atom. The van der Waals surface area contributed by atoms with Gasteiger partial charge in [0.1, 0.15) is 18.4 Å². The number of nitriles is 1. The SMILES string of the molecule is Cc1nc2sc(COc3ccccc3Cl)nn2c1C#N. The Morgan fingerprint density at radius 1 is 1.45 bits per heavy atom. The van der Waals surface area contributed by atoms with Gasteiger partial charge in [0.15, 0.2) is 10.7 Å². The molecule has 0 aliphatic heterocycles. The summed E-state index contributed by atoms with van der Waals surface area (Å²) < 4.78 is 7.16. The molecule has 0 N–H and O–H groups in total. The molecule has 0 aliphatic rings. The summed E-state index contributed by atoms with van der Waals surface area (Å²) in [5, 5.41) is 14.7. The molecule has 2 aromatic heterocycles. The maximum absolute atomic E-state index is 9.06. The van der Waals surface area contributed by atoms with Gasteiger partial charge in [-0.3, -0.25) is 0 Å². The molecule has 2 heterocycles. The van der Waals surface area contributed by atoms with Gasteiger partial charge in [-0.05, 0) is 19.1 Å². The average molecular weight is 305 g/mol. The third-order valence-corrected chi connectivity index (χ3v) is 3.91. The number of fused-ring (bicyclic) bond motifs is 1. The van der Waals surface area contributed by atoms with Crippen molar-refractivity contribution < 1.29 is 4.74 Å². The minimum Gasteiger partial charge on any atom is -0.485 e. The number of hydrogen-bond acceptors (Lipinski definition) is 5. The second kappa shape index (κ2) is 5.12. The number of aryl methyl sites for hydroxylation is 1. The fourth-order valence-corrected chi connectivity index (χ4v) is 2.82. The smallest absolute Gasteiger partial charge is 0.213 e. The molecule has 0 amide bonds. The van der Waals surface area contributed by atoms with E-state index in [9.17, 15) is 0 Å². The first-order chi connectivity index (χ1) is 9.69. The van der Waals surface area contributed by atoms with Crippen LogP contribution in [0.25, 0.3) is 4.96 Å². The zero-order valence-electron chi connectivity index (χ0n) is 10.5. The average Bonchev–Trinajstić information content (AvgIpc) is 2.93. The highest BCUT2D eigenvalue weighted by Gasteiger charge is 2.13. The van der Waals surface area contributed by atoms with Gasteiger partial charge in [0.2, 0.25) is 4.96 Å². The zero-order valence-corrected chi connectivity index (χ0v) is 12.1. The third kappa shape index (κ3) is 2.22. The van der Waals surface area contributed by atoms with E-state index in [2.05, 4.69) is 16.2 Å². The summed E-state index contributed by atoms with van der Waals surface area (Å²) in [6.07, 6.45) is 0. The molecular formula is C13H9ClN4OS. The van der Waals surface area contributed by atoms with E-state index in [1.807, 2.05) is 12.1 Å². The van der Waals surface area contributed by atoms with E-state index >= 15 is 0 Å². The molecule has 100 valence electrons. The highest BCUT2D eigenvalue weighted by molar-refractivity contribution is 7.16. The molecule has 0 bridgehead atoms. The lowest BCUT2D eigenvalue weighted by atomic mass is 10.3. The Kier molecular flexibility index (Phi) is 3.30. The standard InChI is InChI=1S/C13H9ClN4OS/c1-8-10(6-15)18-13(16-8)20-12(17-18)7-19-11-5-3-2-4-9(11)14/h2-5H,7H2,1H3. The lowest BCUT2D eigenvalue weighted by Gasteiger charge is -2.04. The summed E-state index contributed by atoms with van der Waals surface area (Å²) in [6.45, 7) is 2.08. The van der Waals surface area contributed by atoms with Gasteiger partial charge in [0.25, 0.3) is 0 Å². The van der Waals surface area contributed by atoms with Crippen LogP contribution >= 0.6 is 22.9 Å². The molecule has 7 heteroatoms. The van der Waals surface area contributed by atoms with Gasteiger partial charge in [-0.15, -0.1) is 0 Å². The molecule has 0 radical (unpaired) electrons. The Bertz CT molecular complexity index is 817. The predicted molar refractivity (Wildman–Crippen MR) is 76.1 cm³/mol. The first kappa shape index (κ1) is 12.9. The maximum Gasteiger partial charge on any atom is 0.213 e. The molecule has 1 aromatic carbocycles. The van der Waals surface area contributed by atoms with Gasteiger partial charge in [0, 0.05) is 0 Å². The summed E-state index contributed by atoms with van der Waals surface area (Å²) in [5.41, 5.74) is 1.14. The number of imidazole rings is 1. The lowest BCUT2D eigenvalue weighted by Crippen LogP contribution is -1.97. The van der Waals surface area contributed by atoms with Gasteiger partial charge < -0.3 is 4.74 Å². The molecule has 0 atom stereocenters. The van der Waals surface area contributed by atoms with Gasteiger partial charge in [0.05, 0.1) is 10.7 Å². The van der Waals surface area contributed by atoms with Crippen LogP contribution in [-0.2, 0) is 6.61 Å². The highest BCUT2D eigenvalue weighted by atomic mass is 35.5. The number of hydrogen-bond donors (Lipinski definition) is 0. The minimum atomic E-state index is 0.293. The first-order valence-electron chi connectivity index (χ1n) is 5.81. The van der Waals surface area contributed by atoms with Crippen molar-refractivity contribution in [3.8, 4) is 11.8 Å². The van der Waals surface area contributed by atoms with Crippen LogP contribution < -0.4 is 4.74 Å². The van der Waals surface area contributed by atoms with Crippen LogP contribution in [0.1, 0.15) is 16.4 Å². The summed E-state index contributed by atoms with van der Waals surface area (Å²) in [7, 11) is 0. The van der Waals surface area contributed by atoms with Crippen LogP contribution in [0, 0.1) is 18.3 Å². The zero-order chi connectivity index (χ0) is 14.1. The molecular weight excluding hydrogens is 296 g/mol. The van der Waals surface area contributed by atoms with E-state index in [4.69, 9.17) is 21.6 Å². The molecule has 0 aliphatic carbocycles. The van der Waals surface area contributed by atoms with Crippen molar-refractivity contribution >= 4 is 27.9 Å². The van der Waals surface area contributed by atoms with Crippen molar-refractivity contribution in [2.24, 2.45) is 0 Å². The van der Waals surface area contributed by atoms with Crippen LogP contribution in [0.2, 0.25) is 5.02 Å². The van der Waals surface area contributed by atoms with Gasteiger partial charge in [-0.1, -0.05) is 35.1 Å². The molecule has 0 fully saturated rings. The van der Waals surface area contributed by atoms with Crippen molar-refractivity contribution in [2.75, 3.05) is 0 Å². The molecule has 5 nitrogen and oxygen atoms in total. The lowest BCUT2D eigenvalue weighted by molar-refractivity contribution is 0.304. The van der Waals surface area contributed by atoms with Crippen LogP contribution in [-0.4, -0.2) is 14.6 Å². The number of halogens is 1. The monoisotopic (exact) mass is 304 g/mol. The van der Waals surface area contributed by atoms with E-state index < -0.39 is 0 Å². The van der Waals surface area contributed by atoms with E-state index in [1.165, 1.54) is 11.3 Å². The van der Waals surface area contributed by atoms with Crippen molar-refractivity contribution in [2.45, 2.75) is 13.5 Å². The number of nitrogens with zero attached hydrogens (tertiary/aromatic N) is 4. The molecule has 0 unspecified atom stereocenters. The molecule has 0 saturated carbocycles. The van der Waals surface area contributed by atoms with Gasteiger partial charge in [-0.2, -0.15) is 14.9 Å². The fourth-order valence-electron chi connectivity index (χ4n) is 1.78. The molecule has 3 aromatic rings.